The summed E-state index contributed by atoms with van der Waals surface area (Å²) in [5.74, 6) is 0.393. The molecule has 0 bridgehead atoms. The number of hydrogen-bond acceptors (Lipinski definition) is 10. The maximum atomic E-state index is 13.3. The van der Waals surface area contributed by atoms with Gasteiger partial charge in [-0.2, -0.15) is 0 Å². The Morgan fingerprint density at radius 3 is 2.34 bits per heavy atom. The van der Waals surface area contributed by atoms with Crippen LogP contribution in [-0.2, 0) is 27.4 Å². The number of nitrogens with one attached hydrogen (secondary N) is 1. The van der Waals surface area contributed by atoms with Crippen molar-refractivity contribution < 1.29 is 29.0 Å². The highest BCUT2D eigenvalue weighted by Gasteiger charge is 2.29. The van der Waals surface area contributed by atoms with Gasteiger partial charge in [-0.15, -0.1) is 11.8 Å². The standard InChI is InChI=1S/C42H42Cl2N6O7S/c1-42(2,3)57-41(55)49(23-58-35-14-13-34(52)47-35)20-25-11-12-32(46-40(25)56-4)31-10-6-9-30(39(31)44)29-8-5-7-28(38(29)43)24-15-16-50-33(17-24)45-26(18-37(50)54)21-48-22-27(51)19-36(48)53/h5-12,15-18,27,35,51H,13-14,19-23H2,1-4H3,(H,47,52)/t27-,35+/m0/s1. The fourth-order valence-corrected chi connectivity index (χ4v) is 8.62. The van der Waals surface area contributed by atoms with E-state index in [2.05, 4.69) is 10.3 Å². The molecule has 0 spiro atoms. The van der Waals surface area contributed by atoms with Crippen LogP contribution in [0.3, 0.4) is 0 Å². The summed E-state index contributed by atoms with van der Waals surface area (Å²) in [4.78, 5) is 62.9. The number of rotatable bonds is 11. The van der Waals surface area contributed by atoms with Crippen LogP contribution in [0.2, 0.25) is 10.0 Å². The fraction of sp³-hybridized carbons (Fsp3) is 0.333. The van der Waals surface area contributed by atoms with Crippen LogP contribution in [0, 0.1) is 0 Å². The number of nitrogens with zero attached hydrogens (tertiary/aromatic N) is 5. The smallest absolute Gasteiger partial charge is 0.411 e. The molecule has 2 aromatic carbocycles. The predicted octanol–water partition coefficient (Wildman–Crippen LogP) is 7.16. The Balaban J connectivity index is 1.16. The summed E-state index contributed by atoms with van der Waals surface area (Å²) in [6.45, 7) is 5.88. The van der Waals surface area contributed by atoms with Gasteiger partial charge in [0.05, 0.1) is 65.4 Å². The van der Waals surface area contributed by atoms with Crippen LogP contribution >= 0.6 is 35.0 Å². The van der Waals surface area contributed by atoms with Crippen molar-refractivity contribution in [2.45, 2.75) is 70.2 Å². The number of aromatic nitrogens is 3. The van der Waals surface area contributed by atoms with E-state index >= 15 is 0 Å². The van der Waals surface area contributed by atoms with Crippen molar-refractivity contribution in [1.82, 2.24) is 29.5 Å². The van der Waals surface area contributed by atoms with Gasteiger partial charge in [-0.05, 0) is 57.0 Å². The topological polar surface area (TPSA) is 156 Å². The minimum atomic E-state index is -0.734. The fourth-order valence-electron chi connectivity index (χ4n) is 6.90. The number of aliphatic hydroxyl groups excluding tert-OH is 1. The highest BCUT2D eigenvalue weighted by molar-refractivity contribution is 7.99. The summed E-state index contributed by atoms with van der Waals surface area (Å²) < 4.78 is 12.9. The van der Waals surface area contributed by atoms with Gasteiger partial charge >= 0.3 is 6.09 Å². The van der Waals surface area contributed by atoms with Crippen LogP contribution in [0.15, 0.2) is 77.7 Å². The maximum Gasteiger partial charge on any atom is 0.411 e. The van der Waals surface area contributed by atoms with Crippen molar-refractivity contribution in [3.05, 3.63) is 105 Å². The average Bonchev–Trinajstić information content (AvgIpc) is 3.74. The molecule has 3 aromatic heterocycles. The van der Waals surface area contributed by atoms with Gasteiger partial charge in [0.15, 0.2) is 0 Å². The van der Waals surface area contributed by atoms with Gasteiger partial charge in [-0.25, -0.2) is 14.8 Å². The first-order valence-corrected chi connectivity index (χ1v) is 20.5. The molecule has 2 atom stereocenters. The van der Waals surface area contributed by atoms with Gasteiger partial charge in [0.2, 0.25) is 17.7 Å². The monoisotopic (exact) mass is 844 g/mol. The van der Waals surface area contributed by atoms with Gasteiger partial charge in [-0.3, -0.25) is 23.7 Å². The largest absolute Gasteiger partial charge is 0.481 e. The molecule has 2 fully saturated rings. The highest BCUT2D eigenvalue weighted by Crippen LogP contribution is 2.42. The summed E-state index contributed by atoms with van der Waals surface area (Å²) in [6.07, 6.45) is 1.59. The van der Waals surface area contributed by atoms with Gasteiger partial charge in [0.1, 0.15) is 11.2 Å². The number of fused-ring (bicyclic) bond motifs is 1. The van der Waals surface area contributed by atoms with Crippen molar-refractivity contribution in [3.63, 3.8) is 0 Å². The lowest BCUT2D eigenvalue weighted by molar-refractivity contribution is -0.128. The molecule has 7 rings (SSSR count). The number of halogens is 2. The lowest BCUT2D eigenvalue weighted by Crippen LogP contribution is -2.37. The Labute approximate surface area is 349 Å². The quantitative estimate of drug-likeness (QED) is 0.131. The highest BCUT2D eigenvalue weighted by atomic mass is 35.5. The van der Waals surface area contributed by atoms with Crippen molar-refractivity contribution in [1.29, 1.82) is 0 Å². The Morgan fingerprint density at radius 1 is 0.983 bits per heavy atom. The molecule has 0 aliphatic carbocycles. The number of amides is 3. The van der Waals surface area contributed by atoms with Crippen molar-refractivity contribution in [3.8, 4) is 39.4 Å². The molecule has 2 aliphatic heterocycles. The summed E-state index contributed by atoms with van der Waals surface area (Å²) in [5.41, 5.74) is 4.35. The molecule has 0 radical (unpaired) electrons. The molecule has 2 saturated heterocycles. The van der Waals surface area contributed by atoms with Crippen molar-refractivity contribution >= 4 is 58.5 Å². The second-order valence-electron chi connectivity index (χ2n) is 15.1. The number of ether oxygens (including phenoxy) is 2. The second-order valence-corrected chi connectivity index (χ2v) is 17.0. The van der Waals surface area contributed by atoms with E-state index in [1.54, 1.807) is 44.0 Å². The molecule has 0 saturated carbocycles. The van der Waals surface area contributed by atoms with Gasteiger partial charge in [0, 0.05) is 53.0 Å². The van der Waals surface area contributed by atoms with E-state index in [4.69, 9.17) is 37.7 Å². The van der Waals surface area contributed by atoms with Crippen molar-refractivity contribution in [2.24, 2.45) is 0 Å². The third-order valence-electron chi connectivity index (χ3n) is 9.67. The summed E-state index contributed by atoms with van der Waals surface area (Å²) in [5, 5.41) is 13.6. The van der Waals surface area contributed by atoms with Crippen LogP contribution in [0.1, 0.15) is 51.3 Å². The number of likely N-dealkylation sites (tertiary alicyclic amines) is 1. The number of carbonyl (C=O) groups is 3. The van der Waals surface area contributed by atoms with Crippen LogP contribution < -0.4 is 15.6 Å². The number of pyridine rings is 2. The molecular weight excluding hydrogens is 803 g/mol. The van der Waals surface area contributed by atoms with Gasteiger partial charge in [-0.1, -0.05) is 59.6 Å². The molecule has 5 heterocycles. The molecule has 58 heavy (non-hydrogen) atoms. The maximum absolute atomic E-state index is 13.3. The lowest BCUT2D eigenvalue weighted by atomic mass is 9.97. The SMILES string of the molecule is COc1nc(-c2cccc(-c3cccc(-c4ccn5c(=O)cc(CN6C[C@@H](O)CC6=O)nc5c4)c3Cl)c2Cl)ccc1CN(CS[C@@H]1CCC(=O)N1)C(=O)OC(C)(C)C. The molecule has 5 aromatic rings. The summed E-state index contributed by atoms with van der Waals surface area (Å²) >= 11 is 15.8. The molecule has 302 valence electrons. The zero-order valence-electron chi connectivity index (χ0n) is 32.3. The third kappa shape index (κ3) is 9.10. The van der Waals surface area contributed by atoms with Crippen LogP contribution in [0.25, 0.3) is 39.2 Å². The number of thioether (sulfide) groups is 1. The van der Waals surface area contributed by atoms with Crippen LogP contribution in [-0.4, -0.2) is 83.8 Å². The second kappa shape index (κ2) is 17.0. The van der Waals surface area contributed by atoms with Crippen LogP contribution in [0.5, 0.6) is 5.88 Å². The number of benzene rings is 2. The minimum Gasteiger partial charge on any atom is -0.481 e. The summed E-state index contributed by atoms with van der Waals surface area (Å²) in [7, 11) is 1.51. The minimum absolute atomic E-state index is 0.00592. The number of β-amino-alcohol motifs (C(OH)–C–C–N with tert-alkyl or cyclic N) is 1. The number of hydrogen-bond donors (Lipinski definition) is 2. The number of methoxy groups -OCH3 is 1. The zero-order valence-corrected chi connectivity index (χ0v) is 34.7. The number of aliphatic hydroxyl groups is 1. The normalized spacial score (nSPS) is 16.8. The molecule has 2 N–H and O–H groups in total. The van der Waals surface area contributed by atoms with E-state index in [1.165, 1.54) is 34.2 Å². The Morgan fingerprint density at radius 2 is 1.69 bits per heavy atom. The van der Waals surface area contributed by atoms with E-state index in [-0.39, 0.29) is 54.7 Å². The Bertz CT molecular complexity index is 2470. The van der Waals surface area contributed by atoms with E-state index < -0.39 is 17.8 Å². The van der Waals surface area contributed by atoms with E-state index in [0.29, 0.717) is 79.2 Å². The summed E-state index contributed by atoms with van der Waals surface area (Å²) in [6, 6.07) is 19.8. The first-order valence-electron chi connectivity index (χ1n) is 18.7. The molecule has 3 amide bonds. The van der Waals surface area contributed by atoms with Gasteiger partial charge in [0.25, 0.3) is 5.56 Å². The zero-order chi connectivity index (χ0) is 41.3. The molecule has 13 nitrogen and oxygen atoms in total. The van der Waals surface area contributed by atoms with Crippen molar-refractivity contribution in [2.75, 3.05) is 19.5 Å². The molecule has 2 aliphatic rings. The van der Waals surface area contributed by atoms with E-state index in [0.717, 1.165) is 0 Å². The molecule has 16 heteroatoms. The Hall–Kier alpha value is -5.15. The third-order valence-corrected chi connectivity index (χ3v) is 11.7. The van der Waals surface area contributed by atoms with Gasteiger partial charge < -0.3 is 24.8 Å². The van der Waals surface area contributed by atoms with E-state index in [9.17, 15) is 24.3 Å². The lowest BCUT2D eigenvalue weighted by Gasteiger charge is -2.28. The number of carbonyl (C=O) groups excluding carboxylic acids is 3. The molecule has 0 unspecified atom stereocenters. The first kappa shape index (κ1) is 41.0. The predicted molar refractivity (Wildman–Crippen MR) is 224 cm³/mol. The average molecular weight is 846 g/mol. The Kier molecular flexibility index (Phi) is 12.0. The first-order chi connectivity index (χ1) is 27.7. The van der Waals surface area contributed by atoms with Crippen LogP contribution in [0.4, 0.5) is 4.79 Å². The molecular formula is C42H42Cl2N6O7S. The van der Waals surface area contributed by atoms with E-state index in [1.807, 2.05) is 48.5 Å².